The van der Waals surface area contributed by atoms with Crippen molar-refractivity contribution in [3.8, 4) is 5.75 Å². The molecule has 0 aliphatic rings. The molecule has 0 unspecified atom stereocenters. The molecule has 1 heterocycles. The topological polar surface area (TPSA) is 88.4 Å². The summed E-state index contributed by atoms with van der Waals surface area (Å²) in [6.07, 6.45) is 0. The number of aromatic amines is 1. The summed E-state index contributed by atoms with van der Waals surface area (Å²) in [7, 11) is 3.11. The van der Waals surface area contributed by atoms with Gasteiger partial charge in [-0.05, 0) is 18.2 Å². The summed E-state index contributed by atoms with van der Waals surface area (Å²) in [6, 6.07) is 5.07. The van der Waals surface area contributed by atoms with E-state index < -0.39 is 5.76 Å². The highest BCUT2D eigenvalue weighted by atomic mass is 79.9. The zero-order valence-corrected chi connectivity index (χ0v) is 12.4. The van der Waals surface area contributed by atoms with E-state index in [2.05, 4.69) is 26.1 Å². The highest BCUT2D eigenvalue weighted by Gasteiger charge is 2.16. The summed E-state index contributed by atoms with van der Waals surface area (Å²) in [6.45, 7) is 0.0897. The number of carbonyl (C=O) groups is 1. The third-order valence-electron chi connectivity index (χ3n) is 2.56. The fraction of sp³-hybridized carbons (Fsp3) is 0.250. The van der Waals surface area contributed by atoms with Crippen LogP contribution in [0.2, 0.25) is 0 Å². The van der Waals surface area contributed by atoms with Crippen molar-refractivity contribution < 1.29 is 13.9 Å². The number of aromatic nitrogens is 2. The fourth-order valence-corrected chi connectivity index (χ4v) is 2.10. The maximum atomic E-state index is 12.3. The molecule has 20 heavy (non-hydrogen) atoms. The van der Waals surface area contributed by atoms with Gasteiger partial charge >= 0.3 is 5.76 Å². The maximum Gasteiger partial charge on any atom is 0.434 e. The smallest absolute Gasteiger partial charge is 0.434 e. The Hall–Kier alpha value is -2.09. The van der Waals surface area contributed by atoms with Gasteiger partial charge in [-0.15, -0.1) is 5.10 Å². The normalized spacial score (nSPS) is 10.3. The molecule has 7 nitrogen and oxygen atoms in total. The van der Waals surface area contributed by atoms with Gasteiger partial charge in [0.2, 0.25) is 5.89 Å². The lowest BCUT2D eigenvalue weighted by Crippen LogP contribution is -2.26. The molecule has 8 heteroatoms. The van der Waals surface area contributed by atoms with Crippen LogP contribution >= 0.6 is 15.9 Å². The average Bonchev–Trinajstić information content (AvgIpc) is 2.82. The number of amides is 1. The number of rotatable bonds is 4. The Morgan fingerprint density at radius 2 is 2.25 bits per heavy atom. The summed E-state index contributed by atoms with van der Waals surface area (Å²) in [5.41, 5.74) is 0.455. The lowest BCUT2D eigenvalue weighted by molar-refractivity contribution is 0.0771. The first-order chi connectivity index (χ1) is 9.49. The number of nitrogens with zero attached hydrogens (tertiary/aromatic N) is 2. The molecule has 0 saturated carbocycles. The summed E-state index contributed by atoms with van der Waals surface area (Å²) in [5.74, 6) is -0.171. The van der Waals surface area contributed by atoms with E-state index in [1.807, 2.05) is 0 Å². The largest absolute Gasteiger partial charge is 0.497 e. The Bertz CT molecular complexity index is 679. The molecule has 1 N–H and O–H groups in total. The molecule has 1 amide bonds. The third kappa shape index (κ3) is 3.27. The van der Waals surface area contributed by atoms with E-state index in [1.54, 1.807) is 25.2 Å². The molecule has 0 saturated heterocycles. The quantitative estimate of drug-likeness (QED) is 0.908. The van der Waals surface area contributed by atoms with Crippen LogP contribution in [0.1, 0.15) is 16.2 Å². The van der Waals surface area contributed by atoms with Crippen molar-refractivity contribution >= 4 is 21.8 Å². The Morgan fingerprint density at radius 3 is 2.85 bits per heavy atom. The van der Waals surface area contributed by atoms with Crippen LogP contribution in [0.25, 0.3) is 0 Å². The second-order valence-corrected chi connectivity index (χ2v) is 4.96. The monoisotopic (exact) mass is 341 g/mol. The molecular weight excluding hydrogens is 330 g/mol. The first kappa shape index (κ1) is 14.3. The van der Waals surface area contributed by atoms with Crippen LogP contribution in [0.4, 0.5) is 0 Å². The van der Waals surface area contributed by atoms with Gasteiger partial charge in [-0.25, -0.2) is 9.89 Å². The number of carbonyl (C=O) groups excluding carboxylic acids is 1. The molecule has 0 atom stereocenters. The van der Waals surface area contributed by atoms with E-state index in [4.69, 9.17) is 9.15 Å². The van der Waals surface area contributed by atoms with Crippen molar-refractivity contribution in [3.63, 3.8) is 0 Å². The van der Waals surface area contributed by atoms with E-state index >= 15 is 0 Å². The molecule has 0 aliphatic carbocycles. The van der Waals surface area contributed by atoms with Crippen molar-refractivity contribution in [3.05, 3.63) is 44.7 Å². The van der Waals surface area contributed by atoms with Crippen molar-refractivity contribution in [2.75, 3.05) is 14.2 Å². The molecule has 0 spiro atoms. The summed E-state index contributed by atoms with van der Waals surface area (Å²) in [5, 5.41) is 5.79. The maximum absolute atomic E-state index is 12.3. The van der Waals surface area contributed by atoms with Crippen LogP contribution in [-0.2, 0) is 6.54 Å². The minimum atomic E-state index is -0.648. The summed E-state index contributed by atoms with van der Waals surface area (Å²) < 4.78 is 10.6. The lowest BCUT2D eigenvalue weighted by atomic mass is 10.2. The predicted molar refractivity (Wildman–Crippen MR) is 73.6 cm³/mol. The Balaban J connectivity index is 2.17. The summed E-state index contributed by atoms with van der Waals surface area (Å²) >= 11 is 3.31. The van der Waals surface area contributed by atoms with Crippen molar-refractivity contribution in [2.45, 2.75) is 6.54 Å². The van der Waals surface area contributed by atoms with Gasteiger partial charge in [-0.1, -0.05) is 15.9 Å². The third-order valence-corrected chi connectivity index (χ3v) is 3.01. The number of nitrogens with one attached hydrogen (secondary N) is 1. The number of H-pyrrole nitrogens is 1. The summed E-state index contributed by atoms with van der Waals surface area (Å²) in [4.78, 5) is 24.5. The molecule has 106 valence electrons. The average molecular weight is 342 g/mol. The van der Waals surface area contributed by atoms with E-state index in [1.165, 1.54) is 12.0 Å². The van der Waals surface area contributed by atoms with Crippen molar-refractivity contribution in [2.24, 2.45) is 0 Å². The number of hydrogen-bond acceptors (Lipinski definition) is 5. The van der Waals surface area contributed by atoms with Gasteiger partial charge in [-0.2, -0.15) is 0 Å². The van der Waals surface area contributed by atoms with Gasteiger partial charge in [0.05, 0.1) is 13.7 Å². The van der Waals surface area contributed by atoms with Gasteiger partial charge in [0, 0.05) is 17.1 Å². The predicted octanol–water partition coefficient (Wildman–Crippen LogP) is 1.41. The molecule has 1 aromatic carbocycles. The number of methoxy groups -OCH3 is 1. The molecule has 1 aromatic heterocycles. The van der Waals surface area contributed by atoms with Crippen molar-refractivity contribution in [1.82, 2.24) is 15.1 Å². The first-order valence-corrected chi connectivity index (χ1v) is 6.43. The molecule has 0 bridgehead atoms. The van der Waals surface area contributed by atoms with Crippen LogP contribution in [0.15, 0.2) is 31.9 Å². The van der Waals surface area contributed by atoms with Crippen LogP contribution in [0.3, 0.4) is 0 Å². The Kier molecular flexibility index (Phi) is 4.23. The van der Waals surface area contributed by atoms with E-state index in [-0.39, 0.29) is 18.3 Å². The van der Waals surface area contributed by atoms with E-state index in [0.717, 1.165) is 4.47 Å². The van der Waals surface area contributed by atoms with Crippen LogP contribution in [-0.4, -0.2) is 35.2 Å². The molecule has 0 fully saturated rings. The number of benzene rings is 1. The first-order valence-electron chi connectivity index (χ1n) is 5.64. The van der Waals surface area contributed by atoms with Gasteiger partial charge in [0.1, 0.15) is 5.75 Å². The minimum Gasteiger partial charge on any atom is -0.497 e. The van der Waals surface area contributed by atoms with Gasteiger partial charge in [0.25, 0.3) is 5.91 Å². The number of halogens is 1. The molecule has 0 radical (unpaired) electrons. The van der Waals surface area contributed by atoms with Gasteiger partial charge < -0.3 is 14.1 Å². The highest BCUT2D eigenvalue weighted by Crippen LogP contribution is 2.22. The fourth-order valence-electron chi connectivity index (χ4n) is 1.63. The van der Waals surface area contributed by atoms with E-state index in [9.17, 15) is 9.59 Å². The van der Waals surface area contributed by atoms with Crippen molar-refractivity contribution in [1.29, 1.82) is 0 Å². The molecule has 2 aromatic rings. The molecular formula is C12H12BrN3O4. The number of hydrogen-bond donors (Lipinski definition) is 1. The zero-order chi connectivity index (χ0) is 14.7. The van der Waals surface area contributed by atoms with Gasteiger partial charge in [0.15, 0.2) is 0 Å². The number of ether oxygens (including phenoxy) is 1. The second-order valence-electron chi connectivity index (χ2n) is 4.05. The SMILES string of the molecule is COc1cc(Br)cc(C(=O)N(C)Cc2n[nH]c(=O)o2)c1. The zero-order valence-electron chi connectivity index (χ0n) is 10.8. The van der Waals surface area contributed by atoms with Gasteiger partial charge in [-0.3, -0.25) is 4.79 Å². The van der Waals surface area contributed by atoms with Crippen LogP contribution < -0.4 is 10.5 Å². The second kappa shape index (κ2) is 5.91. The van der Waals surface area contributed by atoms with E-state index in [0.29, 0.717) is 11.3 Å². The lowest BCUT2D eigenvalue weighted by Gasteiger charge is -2.15. The minimum absolute atomic E-state index is 0.0897. The Morgan fingerprint density at radius 1 is 1.50 bits per heavy atom. The van der Waals surface area contributed by atoms with Crippen LogP contribution in [0, 0.1) is 0 Å². The highest BCUT2D eigenvalue weighted by molar-refractivity contribution is 9.10. The van der Waals surface area contributed by atoms with Crippen LogP contribution in [0.5, 0.6) is 5.75 Å². The standard InChI is InChI=1S/C12H12BrN3O4/c1-16(6-10-14-15-12(18)20-10)11(17)7-3-8(13)5-9(4-7)19-2/h3-5H,6H2,1-2H3,(H,15,18). The molecule has 2 rings (SSSR count). The molecule has 0 aliphatic heterocycles. The Labute approximate surface area is 122 Å².